The number of fused-ring (bicyclic) bond motifs is 1. The van der Waals surface area contributed by atoms with Crippen molar-refractivity contribution in [2.24, 2.45) is 11.8 Å². The Hall–Kier alpha value is -2.60. The number of para-hydroxylation sites is 1. The normalized spacial score (nSPS) is 32.5. The van der Waals surface area contributed by atoms with Gasteiger partial charge in [0, 0.05) is 13.1 Å². The van der Waals surface area contributed by atoms with E-state index in [-0.39, 0.29) is 17.9 Å². The second-order valence-corrected chi connectivity index (χ2v) is 8.41. The summed E-state index contributed by atoms with van der Waals surface area (Å²) in [5.74, 6) is 0.00506. The Labute approximate surface area is 170 Å². The summed E-state index contributed by atoms with van der Waals surface area (Å²) >= 11 is 0. The number of ether oxygens (including phenoxy) is 2. The number of carbonyl (C=O) groups excluding carboxylic acids is 2. The van der Waals surface area contributed by atoms with Crippen molar-refractivity contribution in [2.75, 3.05) is 32.8 Å². The van der Waals surface area contributed by atoms with Gasteiger partial charge in [0.2, 0.25) is 11.8 Å². The third kappa shape index (κ3) is 3.06. The molecule has 0 N–H and O–H groups in total. The van der Waals surface area contributed by atoms with Crippen LogP contribution < -0.4 is 4.74 Å². The van der Waals surface area contributed by atoms with Crippen LogP contribution in [0.25, 0.3) is 0 Å². The molecule has 0 unspecified atom stereocenters. The molecule has 2 saturated heterocycles. The van der Waals surface area contributed by atoms with Gasteiger partial charge in [-0.15, -0.1) is 0 Å². The van der Waals surface area contributed by atoms with Gasteiger partial charge in [0.05, 0.1) is 31.0 Å². The predicted octanol–water partition coefficient (Wildman–Crippen LogP) is 2.03. The van der Waals surface area contributed by atoms with Crippen molar-refractivity contribution in [3.63, 3.8) is 0 Å². The summed E-state index contributed by atoms with van der Waals surface area (Å²) in [7, 11) is 0. The molecule has 2 bridgehead atoms. The Kier molecular flexibility index (Phi) is 4.46. The van der Waals surface area contributed by atoms with Crippen molar-refractivity contribution in [2.45, 2.75) is 25.0 Å². The van der Waals surface area contributed by atoms with E-state index in [1.165, 1.54) is 5.57 Å². The first-order chi connectivity index (χ1) is 14.1. The Bertz CT molecular complexity index is 880. The minimum absolute atomic E-state index is 0.00981. The van der Waals surface area contributed by atoms with Gasteiger partial charge < -0.3 is 19.3 Å². The van der Waals surface area contributed by atoms with Crippen LogP contribution in [0.1, 0.15) is 13.3 Å². The lowest BCUT2D eigenvalue weighted by Crippen LogP contribution is -2.47. The molecule has 4 aliphatic heterocycles. The van der Waals surface area contributed by atoms with Gasteiger partial charge in [-0.3, -0.25) is 9.59 Å². The molecule has 152 valence electrons. The summed E-state index contributed by atoms with van der Waals surface area (Å²) in [6.45, 7) is 4.83. The number of nitrogens with zero attached hydrogens (tertiary/aromatic N) is 2. The van der Waals surface area contributed by atoms with Crippen LogP contribution >= 0.6 is 0 Å². The highest BCUT2D eigenvalue weighted by atomic mass is 16.5. The average Bonchev–Trinajstić information content (AvgIpc) is 3.37. The number of amides is 2. The SMILES string of the molecule is CC1=CCN(C(=O)[C@@H]2[C@@H]3C=C[C@@]4(CN(CCOc5ccccc5)C(=O)[C@@H]24)O3)CC1. The molecule has 4 atom stereocenters. The fraction of sp³-hybridized carbons (Fsp3) is 0.478. The molecule has 2 amide bonds. The first-order valence-electron chi connectivity index (χ1n) is 10.4. The van der Waals surface area contributed by atoms with Crippen molar-refractivity contribution in [1.82, 2.24) is 9.80 Å². The highest BCUT2D eigenvalue weighted by molar-refractivity contribution is 5.93. The topological polar surface area (TPSA) is 59.1 Å². The van der Waals surface area contributed by atoms with Crippen LogP contribution in [0, 0.1) is 11.8 Å². The Morgan fingerprint density at radius 2 is 2.14 bits per heavy atom. The van der Waals surface area contributed by atoms with Crippen LogP contribution in [0.15, 0.2) is 54.1 Å². The van der Waals surface area contributed by atoms with Crippen molar-refractivity contribution in [3.8, 4) is 5.75 Å². The Balaban J connectivity index is 1.28. The number of likely N-dealkylation sites (tertiary alicyclic amines) is 1. The van der Waals surface area contributed by atoms with Gasteiger partial charge in [0.15, 0.2) is 0 Å². The second kappa shape index (κ2) is 7.02. The maximum atomic E-state index is 13.3. The number of benzene rings is 1. The standard InChI is InChI=1S/C23H26N2O4/c1-16-8-11-24(12-9-16)21(26)19-18-7-10-23(29-18)15-25(22(27)20(19)23)13-14-28-17-5-3-2-4-6-17/h2-8,10,18-20H,9,11-15H2,1H3/t18-,19+,20+,23-/m0/s1. The average molecular weight is 394 g/mol. The lowest BCUT2D eigenvalue weighted by Gasteiger charge is -2.31. The molecule has 0 saturated carbocycles. The van der Waals surface area contributed by atoms with Crippen LogP contribution in [0.3, 0.4) is 0 Å². The van der Waals surface area contributed by atoms with Gasteiger partial charge in [-0.1, -0.05) is 42.0 Å². The molecule has 4 aliphatic rings. The molecule has 0 aromatic heterocycles. The van der Waals surface area contributed by atoms with Crippen LogP contribution in [-0.4, -0.2) is 66.1 Å². The third-order valence-corrected chi connectivity index (χ3v) is 6.58. The van der Waals surface area contributed by atoms with Gasteiger partial charge in [-0.05, 0) is 25.5 Å². The molecule has 1 aromatic carbocycles. The maximum absolute atomic E-state index is 13.3. The van der Waals surface area contributed by atoms with Gasteiger partial charge in [-0.2, -0.15) is 0 Å². The zero-order valence-corrected chi connectivity index (χ0v) is 16.6. The molecule has 2 fully saturated rings. The van der Waals surface area contributed by atoms with Crippen molar-refractivity contribution < 1.29 is 19.1 Å². The third-order valence-electron chi connectivity index (χ3n) is 6.58. The summed E-state index contributed by atoms with van der Waals surface area (Å²) in [6.07, 6.45) is 6.69. The van der Waals surface area contributed by atoms with E-state index in [1.54, 1.807) is 4.90 Å². The minimum atomic E-state index is -0.656. The molecule has 6 nitrogen and oxygen atoms in total. The zero-order valence-electron chi connectivity index (χ0n) is 16.6. The molecular weight excluding hydrogens is 368 g/mol. The molecule has 1 spiro atoms. The summed E-state index contributed by atoms with van der Waals surface area (Å²) < 4.78 is 12.0. The Morgan fingerprint density at radius 1 is 1.31 bits per heavy atom. The smallest absolute Gasteiger partial charge is 0.230 e. The Morgan fingerprint density at radius 3 is 2.90 bits per heavy atom. The molecule has 0 aliphatic carbocycles. The van der Waals surface area contributed by atoms with E-state index in [1.807, 2.05) is 47.4 Å². The zero-order chi connectivity index (χ0) is 20.0. The van der Waals surface area contributed by atoms with E-state index in [0.29, 0.717) is 26.2 Å². The lowest BCUT2D eigenvalue weighted by atomic mass is 9.76. The number of carbonyl (C=O) groups is 2. The van der Waals surface area contributed by atoms with Crippen molar-refractivity contribution in [1.29, 1.82) is 0 Å². The highest BCUT2D eigenvalue weighted by Crippen LogP contribution is 2.52. The fourth-order valence-corrected chi connectivity index (χ4v) is 5.02. The fourth-order valence-electron chi connectivity index (χ4n) is 5.02. The van der Waals surface area contributed by atoms with Gasteiger partial charge >= 0.3 is 0 Å². The van der Waals surface area contributed by atoms with Crippen molar-refractivity contribution >= 4 is 11.8 Å². The second-order valence-electron chi connectivity index (χ2n) is 8.41. The number of hydrogen-bond donors (Lipinski definition) is 0. The highest BCUT2D eigenvalue weighted by Gasteiger charge is 2.67. The first kappa shape index (κ1) is 18.4. The predicted molar refractivity (Wildman–Crippen MR) is 107 cm³/mol. The van der Waals surface area contributed by atoms with E-state index < -0.39 is 17.4 Å². The van der Waals surface area contributed by atoms with E-state index in [4.69, 9.17) is 9.47 Å². The van der Waals surface area contributed by atoms with Gasteiger partial charge in [0.25, 0.3) is 0 Å². The van der Waals surface area contributed by atoms with E-state index in [9.17, 15) is 9.59 Å². The minimum Gasteiger partial charge on any atom is -0.492 e. The summed E-state index contributed by atoms with van der Waals surface area (Å²) in [6, 6.07) is 9.58. The summed E-state index contributed by atoms with van der Waals surface area (Å²) in [4.78, 5) is 30.2. The molecule has 4 heterocycles. The van der Waals surface area contributed by atoms with E-state index >= 15 is 0 Å². The van der Waals surface area contributed by atoms with Crippen LogP contribution in [0.4, 0.5) is 0 Å². The maximum Gasteiger partial charge on any atom is 0.230 e. The van der Waals surface area contributed by atoms with E-state index in [2.05, 4.69) is 13.0 Å². The monoisotopic (exact) mass is 394 g/mol. The number of rotatable bonds is 5. The quantitative estimate of drug-likeness (QED) is 0.717. The van der Waals surface area contributed by atoms with Crippen LogP contribution in [0.2, 0.25) is 0 Å². The largest absolute Gasteiger partial charge is 0.492 e. The van der Waals surface area contributed by atoms with Crippen molar-refractivity contribution in [3.05, 3.63) is 54.1 Å². The van der Waals surface area contributed by atoms with Gasteiger partial charge in [0.1, 0.15) is 18.0 Å². The molecule has 29 heavy (non-hydrogen) atoms. The molecule has 0 radical (unpaired) electrons. The summed E-state index contributed by atoms with van der Waals surface area (Å²) in [5.41, 5.74) is 0.659. The van der Waals surface area contributed by atoms with Crippen LogP contribution in [-0.2, 0) is 14.3 Å². The van der Waals surface area contributed by atoms with Crippen LogP contribution in [0.5, 0.6) is 5.75 Å². The van der Waals surface area contributed by atoms with E-state index in [0.717, 1.165) is 18.7 Å². The molecule has 5 rings (SSSR count). The molecule has 1 aromatic rings. The lowest BCUT2D eigenvalue weighted by molar-refractivity contribution is -0.143. The first-order valence-corrected chi connectivity index (χ1v) is 10.4. The number of hydrogen-bond acceptors (Lipinski definition) is 4. The molecule has 6 heteroatoms. The molecular formula is C23H26N2O4. The summed E-state index contributed by atoms with van der Waals surface area (Å²) in [5, 5.41) is 0. The van der Waals surface area contributed by atoms with Gasteiger partial charge in [-0.25, -0.2) is 0 Å².